The lowest BCUT2D eigenvalue weighted by Crippen LogP contribution is -2.39. The van der Waals surface area contributed by atoms with E-state index in [9.17, 15) is 9.59 Å². The molecule has 6 nitrogen and oxygen atoms in total. The minimum atomic E-state index is -0.272. The summed E-state index contributed by atoms with van der Waals surface area (Å²) in [5.74, 6) is 0.719. The van der Waals surface area contributed by atoms with Crippen LogP contribution in [0.3, 0.4) is 0 Å². The van der Waals surface area contributed by atoms with Crippen molar-refractivity contribution in [3.8, 4) is 0 Å². The molecule has 19 heavy (non-hydrogen) atoms. The second-order valence-electron chi connectivity index (χ2n) is 4.66. The molecule has 0 aromatic carbocycles. The van der Waals surface area contributed by atoms with Crippen molar-refractivity contribution in [2.75, 3.05) is 26.2 Å². The van der Waals surface area contributed by atoms with E-state index in [-0.39, 0.29) is 17.6 Å². The van der Waals surface area contributed by atoms with E-state index in [1.165, 1.54) is 19.1 Å². The van der Waals surface area contributed by atoms with E-state index in [4.69, 9.17) is 4.42 Å². The summed E-state index contributed by atoms with van der Waals surface area (Å²) in [4.78, 5) is 22.9. The van der Waals surface area contributed by atoms with E-state index in [0.717, 1.165) is 12.5 Å². The Hall–Kier alpha value is -1.82. The molecule has 2 rings (SSSR count). The van der Waals surface area contributed by atoms with Crippen molar-refractivity contribution in [3.63, 3.8) is 0 Å². The van der Waals surface area contributed by atoms with Crippen molar-refractivity contribution < 1.29 is 14.0 Å². The Morgan fingerprint density at radius 1 is 1.26 bits per heavy atom. The highest BCUT2D eigenvalue weighted by Gasteiger charge is 2.20. The molecule has 1 heterocycles. The van der Waals surface area contributed by atoms with Gasteiger partial charge in [-0.2, -0.15) is 0 Å². The highest BCUT2D eigenvalue weighted by atomic mass is 16.3. The van der Waals surface area contributed by atoms with Gasteiger partial charge in [-0.1, -0.05) is 0 Å². The summed E-state index contributed by atoms with van der Waals surface area (Å²) in [7, 11) is 0. The third-order valence-corrected chi connectivity index (χ3v) is 2.89. The lowest BCUT2D eigenvalue weighted by molar-refractivity contribution is -0.120. The molecule has 0 saturated heterocycles. The monoisotopic (exact) mass is 265 g/mol. The van der Waals surface area contributed by atoms with E-state index in [1.807, 2.05) is 0 Å². The maximum absolute atomic E-state index is 11.5. The van der Waals surface area contributed by atoms with Crippen LogP contribution in [-0.4, -0.2) is 38.0 Å². The fraction of sp³-hybridized carbons (Fsp3) is 0.538. The fourth-order valence-corrected chi connectivity index (χ4v) is 1.65. The number of carbonyl (C=O) groups excluding carboxylic acids is 2. The number of nitrogens with one attached hydrogen (secondary N) is 3. The summed E-state index contributed by atoms with van der Waals surface area (Å²) in [5.41, 5.74) is 0. The summed E-state index contributed by atoms with van der Waals surface area (Å²) in [6.07, 6.45) is 3.99. The molecule has 0 spiro atoms. The van der Waals surface area contributed by atoms with Crippen molar-refractivity contribution in [3.05, 3.63) is 24.2 Å². The van der Waals surface area contributed by atoms with Crippen molar-refractivity contribution in [1.82, 2.24) is 16.0 Å². The summed E-state index contributed by atoms with van der Waals surface area (Å²) in [6, 6.07) is 3.25. The van der Waals surface area contributed by atoms with Crippen LogP contribution < -0.4 is 16.0 Å². The van der Waals surface area contributed by atoms with Gasteiger partial charge in [-0.25, -0.2) is 0 Å². The van der Waals surface area contributed by atoms with Gasteiger partial charge in [0, 0.05) is 13.1 Å². The number of furan rings is 1. The molecule has 1 fully saturated rings. The first kappa shape index (κ1) is 13.6. The average molecular weight is 265 g/mol. The molecule has 0 radical (unpaired) electrons. The Labute approximate surface area is 111 Å². The van der Waals surface area contributed by atoms with Crippen LogP contribution in [0.5, 0.6) is 0 Å². The van der Waals surface area contributed by atoms with Crippen LogP contribution in [-0.2, 0) is 4.79 Å². The molecule has 104 valence electrons. The van der Waals surface area contributed by atoms with Gasteiger partial charge in [-0.3, -0.25) is 9.59 Å². The molecule has 0 atom stereocenters. The number of carbonyl (C=O) groups is 2. The summed E-state index contributed by atoms with van der Waals surface area (Å²) in [5, 5.41) is 8.49. The van der Waals surface area contributed by atoms with E-state index in [2.05, 4.69) is 16.0 Å². The minimum Gasteiger partial charge on any atom is -0.459 e. The maximum Gasteiger partial charge on any atom is 0.287 e. The quantitative estimate of drug-likeness (QED) is 0.583. The third kappa shape index (κ3) is 5.13. The van der Waals surface area contributed by atoms with Crippen molar-refractivity contribution in [1.29, 1.82) is 0 Å². The molecule has 0 unspecified atom stereocenters. The molecule has 0 aliphatic heterocycles. The number of rotatable bonds is 8. The van der Waals surface area contributed by atoms with Gasteiger partial charge in [0.05, 0.1) is 12.8 Å². The second kappa shape index (κ2) is 6.94. The molecule has 3 N–H and O–H groups in total. The van der Waals surface area contributed by atoms with Crippen LogP contribution in [0.25, 0.3) is 0 Å². The van der Waals surface area contributed by atoms with Gasteiger partial charge in [0.1, 0.15) is 0 Å². The maximum atomic E-state index is 11.5. The second-order valence-corrected chi connectivity index (χ2v) is 4.66. The first-order chi connectivity index (χ1) is 9.25. The third-order valence-electron chi connectivity index (χ3n) is 2.89. The first-order valence-corrected chi connectivity index (χ1v) is 6.55. The van der Waals surface area contributed by atoms with Crippen molar-refractivity contribution in [2.45, 2.75) is 12.8 Å². The Morgan fingerprint density at radius 2 is 2.05 bits per heavy atom. The van der Waals surface area contributed by atoms with Gasteiger partial charge >= 0.3 is 0 Å². The van der Waals surface area contributed by atoms with Gasteiger partial charge in [-0.05, 0) is 37.4 Å². The Bertz CT molecular complexity index is 413. The van der Waals surface area contributed by atoms with E-state index < -0.39 is 0 Å². The zero-order chi connectivity index (χ0) is 13.5. The predicted molar refractivity (Wildman–Crippen MR) is 69.6 cm³/mol. The van der Waals surface area contributed by atoms with Crippen LogP contribution in [0, 0.1) is 5.92 Å². The van der Waals surface area contributed by atoms with Gasteiger partial charge in [0.25, 0.3) is 5.91 Å². The number of amides is 2. The highest BCUT2D eigenvalue weighted by Crippen LogP contribution is 2.27. The summed E-state index contributed by atoms with van der Waals surface area (Å²) < 4.78 is 4.95. The summed E-state index contributed by atoms with van der Waals surface area (Å²) >= 11 is 0. The zero-order valence-corrected chi connectivity index (χ0v) is 10.8. The lowest BCUT2D eigenvalue weighted by Gasteiger charge is -2.07. The lowest BCUT2D eigenvalue weighted by atomic mass is 10.4. The molecule has 1 aromatic heterocycles. The van der Waals surface area contributed by atoms with Crippen LogP contribution in [0.1, 0.15) is 23.4 Å². The molecule has 1 saturated carbocycles. The molecule has 0 bridgehead atoms. The van der Waals surface area contributed by atoms with Crippen LogP contribution in [0.15, 0.2) is 22.8 Å². The predicted octanol–water partition coefficient (Wildman–Crippen LogP) is 0.125. The highest BCUT2D eigenvalue weighted by molar-refractivity contribution is 5.91. The number of hydrogen-bond acceptors (Lipinski definition) is 4. The fourth-order valence-electron chi connectivity index (χ4n) is 1.65. The molecule has 1 aliphatic carbocycles. The minimum absolute atomic E-state index is 0.0482. The van der Waals surface area contributed by atoms with E-state index in [1.54, 1.807) is 12.1 Å². The molecular weight excluding hydrogens is 246 g/mol. The topological polar surface area (TPSA) is 83.4 Å². The molecule has 6 heteroatoms. The Kier molecular flexibility index (Phi) is 4.97. The Balaban J connectivity index is 1.48. The van der Waals surface area contributed by atoms with Gasteiger partial charge < -0.3 is 20.4 Å². The summed E-state index contributed by atoms with van der Waals surface area (Å²) in [6.45, 7) is 2.05. The van der Waals surface area contributed by atoms with E-state index >= 15 is 0 Å². The van der Waals surface area contributed by atoms with Crippen molar-refractivity contribution >= 4 is 11.8 Å². The molecule has 2 amide bonds. The number of hydrogen-bond donors (Lipinski definition) is 3. The Morgan fingerprint density at radius 3 is 2.74 bits per heavy atom. The van der Waals surface area contributed by atoms with Crippen LogP contribution >= 0.6 is 0 Å². The van der Waals surface area contributed by atoms with Crippen LogP contribution in [0.4, 0.5) is 0 Å². The molecule has 1 aliphatic rings. The van der Waals surface area contributed by atoms with Gasteiger partial charge in [0.15, 0.2) is 5.76 Å². The largest absolute Gasteiger partial charge is 0.459 e. The smallest absolute Gasteiger partial charge is 0.287 e. The van der Waals surface area contributed by atoms with E-state index in [0.29, 0.717) is 19.6 Å². The molecular formula is C13H19N3O3. The molecule has 1 aromatic rings. The SMILES string of the molecule is O=C(CNCC1CC1)NCCNC(=O)c1ccco1. The standard InChI is InChI=1S/C13H19N3O3/c17-12(9-14-8-10-3-4-10)15-5-6-16-13(18)11-2-1-7-19-11/h1-2,7,10,14H,3-6,8-9H2,(H,15,17)(H,16,18). The first-order valence-electron chi connectivity index (χ1n) is 6.55. The zero-order valence-electron chi connectivity index (χ0n) is 10.8. The van der Waals surface area contributed by atoms with Gasteiger partial charge in [0.2, 0.25) is 5.91 Å². The average Bonchev–Trinajstić information content (AvgIpc) is 3.06. The van der Waals surface area contributed by atoms with Gasteiger partial charge in [-0.15, -0.1) is 0 Å². The van der Waals surface area contributed by atoms with Crippen LogP contribution in [0.2, 0.25) is 0 Å². The van der Waals surface area contributed by atoms with Crippen molar-refractivity contribution in [2.24, 2.45) is 5.92 Å². The normalized spacial score (nSPS) is 14.1.